The number of fused-ring (bicyclic) bond motifs is 1. The molecule has 1 aliphatic carbocycles. The van der Waals surface area contributed by atoms with Gasteiger partial charge in [0.05, 0.1) is 16.1 Å². The number of carboxylic acid groups (broad SMARTS) is 1. The number of likely N-dealkylation sites (N-methyl/N-ethyl adjacent to an activating group) is 1. The summed E-state index contributed by atoms with van der Waals surface area (Å²) in [5, 5.41) is 9.39. The van der Waals surface area contributed by atoms with Crippen molar-refractivity contribution in [1.82, 2.24) is 4.31 Å². The van der Waals surface area contributed by atoms with Crippen molar-refractivity contribution in [3.05, 3.63) is 47.8 Å². The van der Waals surface area contributed by atoms with Crippen LogP contribution in [0, 0.1) is 11.2 Å². The number of alkyl halides is 6. The molecule has 1 N–H and O–H groups in total. The standard InChI is InChI=1S/C25H25F7N2O3S/c1-33-17(3-2-8-24(27,28)29)13-34(16-6-4-15(26)5-7-16)19-11-18(25(30,31)32)20(12-21(19)38-33)37-14-23(9-10-23)22(35)36/h4-7,11-12,17H,2-3,8-10,13-14H2,1H3,(H,35,36). The molecule has 2 aliphatic rings. The van der Waals surface area contributed by atoms with Crippen LogP contribution >= 0.6 is 11.9 Å². The second kappa shape index (κ2) is 10.5. The van der Waals surface area contributed by atoms with E-state index in [0.29, 0.717) is 23.4 Å². The third kappa shape index (κ3) is 6.48. The molecule has 0 aromatic heterocycles. The van der Waals surface area contributed by atoms with Gasteiger partial charge in [0.25, 0.3) is 0 Å². The second-order valence-electron chi connectivity index (χ2n) is 9.57. The summed E-state index contributed by atoms with van der Waals surface area (Å²) in [6, 6.07) is 6.68. The van der Waals surface area contributed by atoms with Crippen molar-refractivity contribution >= 4 is 29.3 Å². The lowest BCUT2D eigenvalue weighted by molar-refractivity contribution is -0.145. The number of carboxylic acids is 1. The van der Waals surface area contributed by atoms with E-state index >= 15 is 0 Å². The molecule has 0 saturated heterocycles. The topological polar surface area (TPSA) is 53.0 Å². The van der Waals surface area contributed by atoms with Crippen LogP contribution in [0.25, 0.3) is 0 Å². The SMILES string of the molecule is CN1Sc2cc(OCC3(C(=O)O)CC3)c(C(F)(F)F)cc2N(c2ccc(F)cc2)CC1CCCC(F)(F)F. The van der Waals surface area contributed by atoms with Crippen LogP contribution in [-0.2, 0) is 11.0 Å². The van der Waals surface area contributed by atoms with Crippen molar-refractivity contribution in [1.29, 1.82) is 0 Å². The van der Waals surface area contributed by atoms with Gasteiger partial charge >= 0.3 is 18.3 Å². The van der Waals surface area contributed by atoms with E-state index in [1.165, 1.54) is 23.1 Å². The van der Waals surface area contributed by atoms with Crippen molar-refractivity contribution in [2.45, 2.75) is 55.4 Å². The van der Waals surface area contributed by atoms with Gasteiger partial charge in [-0.2, -0.15) is 26.3 Å². The van der Waals surface area contributed by atoms with Gasteiger partial charge in [-0.15, -0.1) is 0 Å². The van der Waals surface area contributed by atoms with E-state index in [2.05, 4.69) is 0 Å². The summed E-state index contributed by atoms with van der Waals surface area (Å²) >= 11 is 1.06. The van der Waals surface area contributed by atoms with E-state index in [-0.39, 0.29) is 25.1 Å². The van der Waals surface area contributed by atoms with Crippen molar-refractivity contribution in [3.63, 3.8) is 0 Å². The molecular formula is C25H25F7N2O3S. The van der Waals surface area contributed by atoms with Gasteiger partial charge in [0, 0.05) is 24.7 Å². The maximum absolute atomic E-state index is 14.1. The van der Waals surface area contributed by atoms with Gasteiger partial charge in [-0.25, -0.2) is 8.70 Å². The molecular weight excluding hydrogens is 541 g/mol. The van der Waals surface area contributed by atoms with Crippen LogP contribution in [0.3, 0.4) is 0 Å². The molecule has 0 bridgehead atoms. The van der Waals surface area contributed by atoms with Gasteiger partial charge in [0.15, 0.2) is 0 Å². The van der Waals surface area contributed by atoms with E-state index in [9.17, 15) is 40.6 Å². The molecule has 1 heterocycles. The van der Waals surface area contributed by atoms with Gasteiger partial charge in [0.2, 0.25) is 0 Å². The highest BCUT2D eigenvalue weighted by Gasteiger charge is 2.51. The first-order valence-electron chi connectivity index (χ1n) is 11.8. The third-order valence-electron chi connectivity index (χ3n) is 6.75. The molecule has 1 fully saturated rings. The molecule has 1 aliphatic heterocycles. The Morgan fingerprint density at radius 2 is 1.79 bits per heavy atom. The Bertz CT molecular complexity index is 1170. The summed E-state index contributed by atoms with van der Waals surface area (Å²) in [5.41, 5.74) is -1.83. The van der Waals surface area contributed by atoms with Crippen LogP contribution in [0.5, 0.6) is 5.75 Å². The van der Waals surface area contributed by atoms with Crippen molar-refractivity contribution in [2.24, 2.45) is 5.41 Å². The van der Waals surface area contributed by atoms with Crippen LogP contribution in [0.2, 0.25) is 0 Å². The molecule has 38 heavy (non-hydrogen) atoms. The summed E-state index contributed by atoms with van der Waals surface area (Å²) in [5.74, 6) is -2.22. The number of carbonyl (C=O) groups is 1. The van der Waals surface area contributed by atoms with Gasteiger partial charge < -0.3 is 14.7 Å². The zero-order chi connectivity index (χ0) is 27.9. The monoisotopic (exact) mass is 566 g/mol. The van der Waals surface area contributed by atoms with Crippen LogP contribution in [0.4, 0.5) is 42.1 Å². The molecule has 208 valence electrons. The minimum Gasteiger partial charge on any atom is -0.492 e. The smallest absolute Gasteiger partial charge is 0.420 e. The summed E-state index contributed by atoms with van der Waals surface area (Å²) in [6.07, 6.45) is -9.63. The normalized spacial score (nSPS) is 19.6. The highest BCUT2D eigenvalue weighted by atomic mass is 32.2. The average Bonchev–Trinajstić information content (AvgIpc) is 3.62. The Hall–Kier alpha value is -2.67. The molecule has 0 spiro atoms. The Kier molecular flexibility index (Phi) is 7.81. The lowest BCUT2D eigenvalue weighted by Gasteiger charge is -2.30. The van der Waals surface area contributed by atoms with E-state index in [1.54, 1.807) is 11.4 Å². The lowest BCUT2D eigenvalue weighted by Crippen LogP contribution is -2.35. The fraction of sp³-hybridized carbons (Fsp3) is 0.480. The Labute approximate surface area is 218 Å². The van der Waals surface area contributed by atoms with Crippen LogP contribution in [0.15, 0.2) is 41.3 Å². The Morgan fingerprint density at radius 1 is 1.13 bits per heavy atom. The summed E-state index contributed by atoms with van der Waals surface area (Å²) in [4.78, 5) is 13.4. The molecule has 2 aromatic rings. The van der Waals surface area contributed by atoms with Crippen LogP contribution < -0.4 is 9.64 Å². The maximum atomic E-state index is 14.1. The molecule has 1 saturated carbocycles. The number of halogens is 7. The second-order valence-corrected chi connectivity index (χ2v) is 10.8. The summed E-state index contributed by atoms with van der Waals surface area (Å²) < 4.78 is 101. The van der Waals surface area contributed by atoms with E-state index in [4.69, 9.17) is 4.74 Å². The number of ether oxygens (including phenoxy) is 1. The minimum absolute atomic E-state index is 0.0552. The number of nitrogens with zero attached hydrogens (tertiary/aromatic N) is 2. The van der Waals surface area contributed by atoms with E-state index < -0.39 is 59.9 Å². The molecule has 4 rings (SSSR count). The lowest BCUT2D eigenvalue weighted by atomic mass is 10.1. The van der Waals surface area contributed by atoms with E-state index in [0.717, 1.165) is 30.1 Å². The summed E-state index contributed by atoms with van der Waals surface area (Å²) in [7, 11) is 1.64. The quantitative estimate of drug-likeness (QED) is 0.268. The van der Waals surface area contributed by atoms with Gasteiger partial charge in [-0.05, 0) is 81.1 Å². The first-order chi connectivity index (χ1) is 17.7. The average molecular weight is 567 g/mol. The fourth-order valence-corrected chi connectivity index (χ4v) is 5.35. The number of hydrogen-bond donors (Lipinski definition) is 1. The predicted molar refractivity (Wildman–Crippen MR) is 127 cm³/mol. The van der Waals surface area contributed by atoms with Crippen molar-refractivity contribution in [3.8, 4) is 5.75 Å². The van der Waals surface area contributed by atoms with Crippen LogP contribution in [0.1, 0.15) is 37.7 Å². The number of benzene rings is 2. The molecule has 13 heteroatoms. The molecule has 1 unspecified atom stereocenters. The van der Waals surface area contributed by atoms with E-state index in [1.807, 2.05) is 0 Å². The molecule has 0 amide bonds. The molecule has 2 aromatic carbocycles. The van der Waals surface area contributed by atoms with Gasteiger partial charge in [0.1, 0.15) is 23.6 Å². The fourth-order valence-electron chi connectivity index (χ4n) is 4.29. The first-order valence-corrected chi connectivity index (χ1v) is 12.6. The molecule has 0 radical (unpaired) electrons. The number of rotatable bonds is 8. The largest absolute Gasteiger partial charge is 0.492 e. The van der Waals surface area contributed by atoms with Crippen molar-refractivity contribution < 1.29 is 45.4 Å². The minimum atomic E-state index is -4.84. The van der Waals surface area contributed by atoms with Gasteiger partial charge in [-0.1, -0.05) is 0 Å². The van der Waals surface area contributed by atoms with Crippen molar-refractivity contribution in [2.75, 3.05) is 25.1 Å². The maximum Gasteiger partial charge on any atom is 0.420 e. The Balaban J connectivity index is 1.73. The first kappa shape index (κ1) is 28.3. The predicted octanol–water partition coefficient (Wildman–Crippen LogP) is 7.28. The molecule has 5 nitrogen and oxygen atoms in total. The third-order valence-corrected chi connectivity index (χ3v) is 7.86. The zero-order valence-corrected chi connectivity index (χ0v) is 21.0. The summed E-state index contributed by atoms with van der Waals surface area (Å²) in [6.45, 7) is -0.369. The number of aliphatic carboxylic acids is 1. The highest BCUT2D eigenvalue weighted by Crippen LogP contribution is 2.50. The Morgan fingerprint density at radius 3 is 2.34 bits per heavy atom. The zero-order valence-electron chi connectivity index (χ0n) is 20.2. The highest BCUT2D eigenvalue weighted by molar-refractivity contribution is 7.97. The van der Waals surface area contributed by atoms with Crippen LogP contribution in [-0.4, -0.2) is 47.8 Å². The molecule has 1 atom stereocenters. The number of anilines is 2. The number of hydrogen-bond acceptors (Lipinski definition) is 5. The van der Waals surface area contributed by atoms with Gasteiger partial charge in [-0.3, -0.25) is 4.79 Å².